The third-order valence-corrected chi connectivity index (χ3v) is 6.84. The van der Waals surface area contributed by atoms with Crippen LogP contribution in [0, 0.1) is 6.92 Å². The standard InChI is InChI=1S/C27H20N4S/c1-19-26(23-17-18-28-31(23)22-15-9-4-10-16-22)32-27-29-24(20-11-5-2-6-12-20)25(30(19)27)21-13-7-3-8-14-21/h2-18H,1H3. The summed E-state index contributed by atoms with van der Waals surface area (Å²) in [5.74, 6) is 0. The lowest BCUT2D eigenvalue weighted by molar-refractivity contribution is 0.888. The van der Waals surface area contributed by atoms with Gasteiger partial charge < -0.3 is 0 Å². The molecule has 0 aliphatic carbocycles. The molecular weight excluding hydrogens is 412 g/mol. The van der Waals surface area contributed by atoms with E-state index in [0.717, 1.165) is 44.6 Å². The molecule has 0 spiro atoms. The zero-order valence-corrected chi connectivity index (χ0v) is 18.3. The maximum Gasteiger partial charge on any atom is 0.195 e. The second kappa shape index (κ2) is 7.62. The van der Waals surface area contributed by atoms with Gasteiger partial charge in [0.2, 0.25) is 0 Å². The van der Waals surface area contributed by atoms with Gasteiger partial charge in [0.05, 0.1) is 33.8 Å². The summed E-state index contributed by atoms with van der Waals surface area (Å²) in [7, 11) is 0. The van der Waals surface area contributed by atoms with E-state index in [1.54, 1.807) is 11.3 Å². The normalized spacial score (nSPS) is 11.3. The van der Waals surface area contributed by atoms with Gasteiger partial charge in [0.1, 0.15) is 0 Å². The quantitative estimate of drug-likeness (QED) is 0.304. The Morgan fingerprint density at radius 3 is 2.03 bits per heavy atom. The predicted molar refractivity (Wildman–Crippen MR) is 131 cm³/mol. The van der Waals surface area contributed by atoms with E-state index in [-0.39, 0.29) is 0 Å². The average molecular weight is 433 g/mol. The van der Waals surface area contributed by atoms with Crippen LogP contribution in [0.25, 0.3) is 43.7 Å². The summed E-state index contributed by atoms with van der Waals surface area (Å²) in [6.45, 7) is 2.17. The minimum atomic E-state index is 0.982. The first-order valence-electron chi connectivity index (χ1n) is 10.5. The molecule has 0 aliphatic rings. The van der Waals surface area contributed by atoms with Crippen LogP contribution in [0.2, 0.25) is 0 Å². The highest BCUT2D eigenvalue weighted by molar-refractivity contribution is 7.20. The molecule has 0 radical (unpaired) electrons. The van der Waals surface area contributed by atoms with E-state index in [2.05, 4.69) is 83.2 Å². The molecule has 3 heterocycles. The molecule has 32 heavy (non-hydrogen) atoms. The number of aryl methyl sites for hydroxylation is 1. The van der Waals surface area contributed by atoms with Crippen LogP contribution in [0.3, 0.4) is 0 Å². The predicted octanol–water partition coefficient (Wildman–Crippen LogP) is 6.89. The lowest BCUT2D eigenvalue weighted by Gasteiger charge is -2.09. The van der Waals surface area contributed by atoms with Gasteiger partial charge >= 0.3 is 0 Å². The number of aromatic nitrogens is 4. The summed E-state index contributed by atoms with van der Waals surface area (Å²) < 4.78 is 4.29. The Morgan fingerprint density at radius 2 is 1.34 bits per heavy atom. The van der Waals surface area contributed by atoms with E-state index in [1.807, 2.05) is 41.2 Å². The molecule has 3 aromatic carbocycles. The SMILES string of the molecule is Cc1c(-c2ccnn2-c2ccccc2)sc2nc(-c3ccccc3)c(-c3ccccc3)n12. The second-order valence-electron chi connectivity index (χ2n) is 7.64. The van der Waals surface area contributed by atoms with Crippen LogP contribution in [0.4, 0.5) is 0 Å². The highest BCUT2D eigenvalue weighted by atomic mass is 32.1. The van der Waals surface area contributed by atoms with Crippen molar-refractivity contribution in [3.05, 3.63) is 109 Å². The summed E-state index contributed by atoms with van der Waals surface area (Å²) in [6.07, 6.45) is 1.86. The fourth-order valence-corrected chi connectivity index (χ4v) is 5.33. The fraction of sp³-hybridized carbons (Fsp3) is 0.0370. The van der Waals surface area contributed by atoms with Crippen molar-refractivity contribution in [2.24, 2.45) is 0 Å². The highest BCUT2D eigenvalue weighted by Crippen LogP contribution is 2.40. The van der Waals surface area contributed by atoms with Gasteiger partial charge in [-0.05, 0) is 25.1 Å². The number of para-hydroxylation sites is 1. The van der Waals surface area contributed by atoms with E-state index in [9.17, 15) is 0 Å². The number of thiazole rings is 1. The van der Waals surface area contributed by atoms with E-state index < -0.39 is 0 Å². The van der Waals surface area contributed by atoms with Crippen molar-refractivity contribution in [1.82, 2.24) is 19.2 Å². The number of hydrogen-bond acceptors (Lipinski definition) is 3. The van der Waals surface area contributed by atoms with Crippen molar-refractivity contribution < 1.29 is 0 Å². The lowest BCUT2D eigenvalue weighted by atomic mass is 10.0. The van der Waals surface area contributed by atoms with Gasteiger partial charge in [0, 0.05) is 16.8 Å². The highest BCUT2D eigenvalue weighted by Gasteiger charge is 2.23. The van der Waals surface area contributed by atoms with Gasteiger partial charge in [0.15, 0.2) is 4.96 Å². The third-order valence-electron chi connectivity index (χ3n) is 5.67. The third kappa shape index (κ3) is 2.98. The Bertz CT molecular complexity index is 1510. The van der Waals surface area contributed by atoms with Gasteiger partial charge in [-0.2, -0.15) is 5.10 Å². The summed E-state index contributed by atoms with van der Waals surface area (Å²) in [6, 6.07) is 33.3. The van der Waals surface area contributed by atoms with Crippen molar-refractivity contribution >= 4 is 16.3 Å². The first-order chi connectivity index (χ1) is 15.8. The fourth-order valence-electron chi connectivity index (χ4n) is 4.19. The number of rotatable bonds is 4. The Balaban J connectivity index is 1.60. The van der Waals surface area contributed by atoms with Crippen LogP contribution in [0.5, 0.6) is 0 Å². The van der Waals surface area contributed by atoms with E-state index in [1.165, 1.54) is 4.88 Å². The van der Waals surface area contributed by atoms with Gasteiger partial charge in [-0.1, -0.05) is 90.2 Å². The van der Waals surface area contributed by atoms with E-state index in [4.69, 9.17) is 4.98 Å². The molecule has 154 valence electrons. The first kappa shape index (κ1) is 18.8. The van der Waals surface area contributed by atoms with Crippen LogP contribution in [0.1, 0.15) is 5.69 Å². The minimum Gasteiger partial charge on any atom is -0.286 e. The van der Waals surface area contributed by atoms with Gasteiger partial charge in [-0.25, -0.2) is 9.67 Å². The Morgan fingerprint density at radius 1 is 0.719 bits per heavy atom. The molecule has 4 nitrogen and oxygen atoms in total. The van der Waals surface area contributed by atoms with Crippen molar-refractivity contribution in [1.29, 1.82) is 0 Å². The number of imidazole rings is 1. The zero-order valence-electron chi connectivity index (χ0n) is 17.5. The molecule has 5 heteroatoms. The first-order valence-corrected chi connectivity index (χ1v) is 11.4. The summed E-state index contributed by atoms with van der Waals surface area (Å²) >= 11 is 1.71. The second-order valence-corrected chi connectivity index (χ2v) is 8.62. The Hall–Kier alpha value is -3.96. The molecule has 0 unspecified atom stereocenters. The van der Waals surface area contributed by atoms with Crippen molar-refractivity contribution in [3.63, 3.8) is 0 Å². The topological polar surface area (TPSA) is 35.1 Å². The molecular formula is C27H20N4S. The van der Waals surface area contributed by atoms with E-state index >= 15 is 0 Å². The smallest absolute Gasteiger partial charge is 0.195 e. The largest absolute Gasteiger partial charge is 0.286 e. The van der Waals surface area contributed by atoms with Crippen molar-refractivity contribution in [2.75, 3.05) is 0 Å². The molecule has 0 saturated heterocycles. The van der Waals surface area contributed by atoms with Crippen molar-refractivity contribution in [3.8, 4) is 38.8 Å². The van der Waals surface area contributed by atoms with E-state index in [0.29, 0.717) is 0 Å². The molecule has 0 atom stereocenters. The molecule has 0 N–H and O–H groups in total. The molecule has 0 fully saturated rings. The Labute approximate surface area is 190 Å². The maximum absolute atomic E-state index is 5.10. The Kier molecular flexibility index (Phi) is 4.47. The lowest BCUT2D eigenvalue weighted by Crippen LogP contribution is -1.99. The molecule has 6 rings (SSSR count). The van der Waals surface area contributed by atoms with Gasteiger partial charge in [-0.15, -0.1) is 0 Å². The molecule has 0 saturated carbocycles. The average Bonchev–Trinajstić information content (AvgIpc) is 3.56. The van der Waals surface area contributed by atoms with Crippen LogP contribution in [-0.2, 0) is 0 Å². The number of nitrogens with zero attached hydrogens (tertiary/aromatic N) is 4. The zero-order chi connectivity index (χ0) is 21.5. The minimum absolute atomic E-state index is 0.982. The van der Waals surface area contributed by atoms with Crippen molar-refractivity contribution in [2.45, 2.75) is 6.92 Å². The van der Waals surface area contributed by atoms with Crippen LogP contribution >= 0.6 is 11.3 Å². The van der Waals surface area contributed by atoms with Gasteiger partial charge in [-0.3, -0.25) is 4.40 Å². The van der Waals surface area contributed by atoms with Gasteiger partial charge in [0.25, 0.3) is 0 Å². The summed E-state index contributed by atoms with van der Waals surface area (Å²) in [4.78, 5) is 7.26. The summed E-state index contributed by atoms with van der Waals surface area (Å²) in [5, 5.41) is 4.60. The molecule has 0 amide bonds. The monoisotopic (exact) mass is 432 g/mol. The van der Waals surface area contributed by atoms with Crippen LogP contribution in [0.15, 0.2) is 103 Å². The molecule has 0 bridgehead atoms. The number of fused-ring (bicyclic) bond motifs is 1. The summed E-state index contributed by atoms with van der Waals surface area (Å²) in [5.41, 5.74) is 7.69. The number of benzene rings is 3. The van der Waals surface area contributed by atoms with Crippen LogP contribution in [-0.4, -0.2) is 19.2 Å². The maximum atomic E-state index is 5.10. The molecule has 3 aromatic heterocycles. The molecule has 0 aliphatic heterocycles. The molecule has 6 aromatic rings. The number of hydrogen-bond donors (Lipinski definition) is 0. The van der Waals surface area contributed by atoms with Crippen LogP contribution < -0.4 is 0 Å².